The number of ether oxygens (including phenoxy) is 3. The molecule has 0 aromatic heterocycles. The Kier molecular flexibility index (Phi) is 21.8. The van der Waals surface area contributed by atoms with E-state index in [-0.39, 0.29) is 6.42 Å². The lowest BCUT2D eigenvalue weighted by atomic mass is 9.98. The Labute approximate surface area is 250 Å². The van der Waals surface area contributed by atoms with Crippen LogP contribution in [0.2, 0.25) is 0 Å². The summed E-state index contributed by atoms with van der Waals surface area (Å²) in [4.78, 5) is 12.6. The van der Waals surface area contributed by atoms with E-state index in [1.165, 1.54) is 64.2 Å². The summed E-state index contributed by atoms with van der Waals surface area (Å²) in [6.45, 7) is -0.262. The summed E-state index contributed by atoms with van der Waals surface area (Å²) < 4.78 is 16.1. The van der Waals surface area contributed by atoms with Crippen molar-refractivity contribution in [1.29, 1.82) is 0 Å². The van der Waals surface area contributed by atoms with Crippen molar-refractivity contribution in [3.63, 3.8) is 0 Å². The van der Waals surface area contributed by atoms with Gasteiger partial charge in [0, 0.05) is 6.42 Å². The molecule has 12 nitrogen and oxygen atoms in total. The molecule has 0 aromatic rings. The Morgan fingerprint density at radius 1 is 0.667 bits per heavy atom. The number of aliphatic hydroxyl groups excluding tert-OH is 8. The average molecular weight is 611 g/mol. The number of rotatable bonds is 25. The quantitative estimate of drug-likeness (QED) is 0.0539. The Bertz CT molecular complexity index is 666. The predicted molar refractivity (Wildman–Crippen MR) is 154 cm³/mol. The van der Waals surface area contributed by atoms with E-state index in [4.69, 9.17) is 14.2 Å². The van der Waals surface area contributed by atoms with Gasteiger partial charge in [-0.05, 0) is 6.42 Å². The maximum absolute atomic E-state index is 12.6. The lowest BCUT2D eigenvalue weighted by Gasteiger charge is -2.42. The van der Waals surface area contributed by atoms with Crippen molar-refractivity contribution in [3.8, 4) is 0 Å². The van der Waals surface area contributed by atoms with E-state index in [0.717, 1.165) is 25.7 Å². The molecule has 1 heterocycles. The van der Waals surface area contributed by atoms with Crippen LogP contribution in [0.1, 0.15) is 110 Å². The van der Waals surface area contributed by atoms with Crippen molar-refractivity contribution in [2.75, 3.05) is 19.8 Å². The number of carbonyl (C=O) groups is 1. The first-order valence-electron chi connectivity index (χ1n) is 15.9. The second-order valence-electron chi connectivity index (χ2n) is 11.5. The van der Waals surface area contributed by atoms with Gasteiger partial charge in [-0.15, -0.1) is 0 Å². The highest BCUT2D eigenvalue weighted by Gasteiger charge is 2.47. The summed E-state index contributed by atoms with van der Waals surface area (Å²) in [6, 6.07) is 0. The summed E-state index contributed by atoms with van der Waals surface area (Å²) >= 11 is 0. The van der Waals surface area contributed by atoms with Crippen molar-refractivity contribution in [1.82, 2.24) is 0 Å². The lowest BCUT2D eigenvalue weighted by molar-refractivity contribution is -0.328. The molecule has 0 saturated carbocycles. The molecule has 0 radical (unpaired) electrons. The lowest BCUT2D eigenvalue weighted by Crippen LogP contribution is -2.62. The molecule has 1 saturated heterocycles. The van der Waals surface area contributed by atoms with Gasteiger partial charge in [-0.2, -0.15) is 0 Å². The van der Waals surface area contributed by atoms with Gasteiger partial charge in [-0.1, -0.05) is 96.8 Å². The van der Waals surface area contributed by atoms with Gasteiger partial charge in [0.05, 0.1) is 19.8 Å². The minimum Gasteiger partial charge on any atom is -0.457 e. The van der Waals surface area contributed by atoms with E-state index in [1.54, 1.807) is 0 Å². The molecule has 8 N–H and O–H groups in total. The summed E-state index contributed by atoms with van der Waals surface area (Å²) in [7, 11) is 0. The number of esters is 1. The van der Waals surface area contributed by atoms with E-state index >= 15 is 0 Å². The van der Waals surface area contributed by atoms with Crippen LogP contribution in [-0.2, 0) is 19.0 Å². The Balaban J connectivity index is 2.44. The molecule has 1 fully saturated rings. The Morgan fingerprint density at radius 2 is 1.12 bits per heavy atom. The normalized spacial score (nSPS) is 25.6. The Morgan fingerprint density at radius 3 is 1.57 bits per heavy atom. The molecule has 1 aliphatic rings. The number of unbranched alkanes of at least 4 members (excludes halogenated alkanes) is 14. The molecular weight excluding hydrogens is 552 g/mol. The minimum absolute atomic E-state index is 0.0227. The number of carbonyl (C=O) groups excluding carboxylic acids is 1. The highest BCUT2D eigenvalue weighted by atomic mass is 16.7. The maximum atomic E-state index is 12.6. The highest BCUT2D eigenvalue weighted by Crippen LogP contribution is 2.26. The molecule has 1 aliphatic heterocycles. The van der Waals surface area contributed by atoms with E-state index in [0.29, 0.717) is 6.42 Å². The van der Waals surface area contributed by atoms with Crippen molar-refractivity contribution in [2.45, 2.75) is 165 Å². The van der Waals surface area contributed by atoms with E-state index in [9.17, 15) is 45.6 Å². The van der Waals surface area contributed by atoms with E-state index < -0.39 is 80.9 Å². The SMILES string of the molecule is CCCCCCCCCCCCCCCCCC(=O)O[C@@H]([C@H](O[C@H]1O[C@H](CO)[C@@H](O)[C@H](O)[C@H]1O)[C@H](O)CO)[C@@H](O)CO. The fourth-order valence-electron chi connectivity index (χ4n) is 5.15. The van der Waals surface area contributed by atoms with Crippen LogP contribution in [0.3, 0.4) is 0 Å². The minimum atomic E-state index is -1.83. The topological polar surface area (TPSA) is 207 Å². The number of hydrogen-bond acceptors (Lipinski definition) is 12. The summed E-state index contributed by atoms with van der Waals surface area (Å²) in [5.74, 6) is -0.713. The second kappa shape index (κ2) is 23.5. The third-order valence-corrected chi connectivity index (χ3v) is 7.85. The van der Waals surface area contributed by atoms with Crippen LogP contribution < -0.4 is 0 Å². The zero-order chi connectivity index (χ0) is 31.3. The average Bonchev–Trinajstić information content (AvgIpc) is 2.99. The fourth-order valence-corrected chi connectivity index (χ4v) is 5.15. The predicted octanol–water partition coefficient (Wildman–Crippen LogP) is 1.05. The third-order valence-electron chi connectivity index (χ3n) is 7.85. The van der Waals surface area contributed by atoms with Gasteiger partial charge >= 0.3 is 5.97 Å². The van der Waals surface area contributed by atoms with Gasteiger partial charge in [0.15, 0.2) is 12.4 Å². The van der Waals surface area contributed by atoms with Gasteiger partial charge in [0.2, 0.25) is 0 Å². The molecule has 0 aliphatic carbocycles. The summed E-state index contributed by atoms with van der Waals surface area (Å²) in [5, 5.41) is 79.4. The van der Waals surface area contributed by atoms with Crippen LogP contribution in [0.5, 0.6) is 0 Å². The Hall–Kier alpha value is -0.930. The van der Waals surface area contributed by atoms with Gasteiger partial charge < -0.3 is 55.1 Å². The number of aliphatic hydroxyl groups is 8. The fraction of sp³-hybridized carbons (Fsp3) is 0.967. The molecule has 0 unspecified atom stereocenters. The summed E-state index contributed by atoms with van der Waals surface area (Å²) in [5.41, 5.74) is 0. The second-order valence-corrected chi connectivity index (χ2v) is 11.5. The third kappa shape index (κ3) is 14.7. The first-order valence-corrected chi connectivity index (χ1v) is 15.9. The van der Waals surface area contributed by atoms with Gasteiger partial charge in [-0.3, -0.25) is 4.79 Å². The highest BCUT2D eigenvalue weighted by molar-refractivity contribution is 5.69. The zero-order valence-corrected chi connectivity index (χ0v) is 25.3. The van der Waals surface area contributed by atoms with Crippen molar-refractivity contribution >= 4 is 5.97 Å². The molecule has 0 amide bonds. The van der Waals surface area contributed by atoms with Crippen molar-refractivity contribution in [2.24, 2.45) is 0 Å². The van der Waals surface area contributed by atoms with Gasteiger partial charge in [0.25, 0.3) is 0 Å². The molecule has 9 atom stereocenters. The molecule has 0 bridgehead atoms. The van der Waals surface area contributed by atoms with Crippen LogP contribution in [-0.4, -0.2) is 122 Å². The molecule has 0 aromatic carbocycles. The first-order chi connectivity index (χ1) is 20.2. The number of hydrogen-bond donors (Lipinski definition) is 8. The standard InChI is InChI=1S/C30H58O12/c1-2-3-4-5-6-7-8-9-10-11-12-13-14-15-16-17-24(36)41-28(21(34)18-31)29(22(35)19-32)42-30-27(39)26(38)25(37)23(20-33)40-30/h21-23,25-35,37-39H,2-20H2,1H3/t21-,22+,23+,25+,26-,27+,28+,29+,30+/m0/s1. The monoisotopic (exact) mass is 610 g/mol. The molecule has 0 spiro atoms. The van der Waals surface area contributed by atoms with Crippen LogP contribution >= 0.6 is 0 Å². The van der Waals surface area contributed by atoms with Crippen molar-refractivity contribution < 1.29 is 59.9 Å². The van der Waals surface area contributed by atoms with Gasteiger partial charge in [-0.25, -0.2) is 0 Å². The largest absolute Gasteiger partial charge is 0.457 e. The van der Waals surface area contributed by atoms with Gasteiger partial charge in [0.1, 0.15) is 42.7 Å². The van der Waals surface area contributed by atoms with Crippen molar-refractivity contribution in [3.05, 3.63) is 0 Å². The zero-order valence-electron chi connectivity index (χ0n) is 25.3. The molecular formula is C30H58O12. The molecule has 1 rings (SSSR count). The van der Waals surface area contributed by atoms with E-state index in [1.807, 2.05) is 0 Å². The van der Waals surface area contributed by atoms with Crippen LogP contribution in [0, 0.1) is 0 Å². The summed E-state index contributed by atoms with van der Waals surface area (Å²) in [6.07, 6.45) is 2.52. The molecule has 42 heavy (non-hydrogen) atoms. The van der Waals surface area contributed by atoms with Crippen LogP contribution in [0.15, 0.2) is 0 Å². The first kappa shape index (κ1) is 39.1. The smallest absolute Gasteiger partial charge is 0.306 e. The van der Waals surface area contributed by atoms with E-state index in [2.05, 4.69) is 6.92 Å². The maximum Gasteiger partial charge on any atom is 0.306 e. The van der Waals surface area contributed by atoms with Crippen LogP contribution in [0.4, 0.5) is 0 Å². The molecule has 12 heteroatoms. The molecule has 250 valence electrons. The van der Waals surface area contributed by atoms with Crippen LogP contribution in [0.25, 0.3) is 0 Å².